The molecule has 38 heavy (non-hydrogen) atoms. The Bertz CT molecular complexity index is 1420. The van der Waals surface area contributed by atoms with Crippen molar-refractivity contribution in [3.8, 4) is 0 Å². The van der Waals surface area contributed by atoms with Crippen molar-refractivity contribution in [2.24, 2.45) is 4.99 Å². The minimum atomic E-state index is -3.57. The summed E-state index contributed by atoms with van der Waals surface area (Å²) in [6, 6.07) is 10.4. The second-order valence-electron chi connectivity index (χ2n) is 9.78. The number of aromatic nitrogens is 1. The SMILES string of the molecule is CCCCn1c(CN2CCN(C(=O)CCS(=O)(=O)c3ccc4cc(Cl)ccc4c3)CC2)csc1=NCCC. The highest BCUT2D eigenvalue weighted by Gasteiger charge is 2.24. The second-order valence-corrected chi connectivity index (χ2v) is 13.2. The van der Waals surface area contributed by atoms with Crippen molar-refractivity contribution in [2.45, 2.75) is 57.5 Å². The molecule has 0 bridgehead atoms. The molecule has 1 aromatic heterocycles. The van der Waals surface area contributed by atoms with Crippen LogP contribution in [0.1, 0.15) is 45.2 Å². The van der Waals surface area contributed by atoms with Crippen LogP contribution in [0.3, 0.4) is 0 Å². The van der Waals surface area contributed by atoms with Crippen molar-refractivity contribution >= 4 is 49.5 Å². The number of hydrogen-bond donors (Lipinski definition) is 0. The van der Waals surface area contributed by atoms with Gasteiger partial charge in [-0.3, -0.25) is 14.7 Å². The van der Waals surface area contributed by atoms with Gasteiger partial charge in [-0.15, -0.1) is 11.3 Å². The lowest BCUT2D eigenvalue weighted by Gasteiger charge is -2.34. The van der Waals surface area contributed by atoms with Crippen LogP contribution >= 0.6 is 22.9 Å². The van der Waals surface area contributed by atoms with Crippen molar-refractivity contribution in [1.29, 1.82) is 0 Å². The van der Waals surface area contributed by atoms with Gasteiger partial charge >= 0.3 is 0 Å². The Morgan fingerprint density at radius 3 is 2.50 bits per heavy atom. The average molecular weight is 577 g/mol. The molecule has 3 aromatic rings. The van der Waals surface area contributed by atoms with Gasteiger partial charge in [0.2, 0.25) is 5.91 Å². The molecule has 10 heteroatoms. The number of halogens is 1. The number of amides is 1. The van der Waals surface area contributed by atoms with E-state index in [-0.39, 0.29) is 23.0 Å². The molecule has 0 aliphatic carbocycles. The van der Waals surface area contributed by atoms with Crippen LogP contribution in [0.2, 0.25) is 5.02 Å². The fourth-order valence-corrected chi connectivity index (χ4v) is 7.04. The van der Waals surface area contributed by atoms with Crippen LogP contribution in [0.25, 0.3) is 10.8 Å². The van der Waals surface area contributed by atoms with E-state index in [2.05, 4.69) is 28.7 Å². The quantitative estimate of drug-likeness (QED) is 0.323. The molecular formula is C28H37ClN4O3S2. The number of unbranched alkanes of at least 4 members (excludes halogenated alkanes) is 1. The summed E-state index contributed by atoms with van der Waals surface area (Å²) in [7, 11) is -3.57. The maximum atomic E-state index is 12.9. The van der Waals surface area contributed by atoms with Crippen LogP contribution in [-0.4, -0.2) is 67.2 Å². The van der Waals surface area contributed by atoms with E-state index < -0.39 is 9.84 Å². The third-order valence-electron chi connectivity index (χ3n) is 6.91. The monoisotopic (exact) mass is 576 g/mol. The largest absolute Gasteiger partial charge is 0.340 e. The Kier molecular flexibility index (Phi) is 10.0. The smallest absolute Gasteiger partial charge is 0.223 e. The minimum Gasteiger partial charge on any atom is -0.340 e. The third kappa shape index (κ3) is 7.25. The highest BCUT2D eigenvalue weighted by Crippen LogP contribution is 2.23. The van der Waals surface area contributed by atoms with Gasteiger partial charge in [-0.05, 0) is 47.9 Å². The number of sulfone groups is 1. The van der Waals surface area contributed by atoms with Crippen molar-refractivity contribution in [3.05, 3.63) is 57.3 Å². The molecule has 7 nitrogen and oxygen atoms in total. The number of piperazine rings is 1. The van der Waals surface area contributed by atoms with Gasteiger partial charge in [-0.1, -0.05) is 44.0 Å². The van der Waals surface area contributed by atoms with Crippen molar-refractivity contribution in [1.82, 2.24) is 14.4 Å². The van der Waals surface area contributed by atoms with Crippen LogP contribution < -0.4 is 4.80 Å². The summed E-state index contributed by atoms with van der Waals surface area (Å²) in [5, 5.41) is 4.52. The van der Waals surface area contributed by atoms with E-state index in [9.17, 15) is 13.2 Å². The molecule has 1 fully saturated rings. The molecule has 0 N–H and O–H groups in total. The molecule has 1 aliphatic heterocycles. The van der Waals surface area contributed by atoms with E-state index in [1.807, 2.05) is 6.07 Å². The summed E-state index contributed by atoms with van der Waals surface area (Å²) in [5.74, 6) is -0.295. The number of hydrogen-bond acceptors (Lipinski definition) is 6. The zero-order chi connectivity index (χ0) is 27.1. The topological polar surface area (TPSA) is 75.0 Å². The number of rotatable bonds is 11. The molecule has 2 heterocycles. The van der Waals surface area contributed by atoms with E-state index in [0.29, 0.717) is 18.1 Å². The molecule has 0 atom stereocenters. The van der Waals surface area contributed by atoms with Gasteiger partial charge < -0.3 is 9.47 Å². The van der Waals surface area contributed by atoms with Gasteiger partial charge in [0.1, 0.15) is 0 Å². The molecular weight excluding hydrogens is 540 g/mol. The number of fused-ring (bicyclic) bond motifs is 1. The van der Waals surface area contributed by atoms with Crippen molar-refractivity contribution < 1.29 is 13.2 Å². The Labute approximate surface area is 234 Å². The number of benzene rings is 2. The fourth-order valence-electron chi connectivity index (χ4n) is 4.65. The lowest BCUT2D eigenvalue weighted by atomic mass is 10.1. The summed E-state index contributed by atoms with van der Waals surface area (Å²) in [6.45, 7) is 9.79. The highest BCUT2D eigenvalue weighted by molar-refractivity contribution is 7.91. The highest BCUT2D eigenvalue weighted by atomic mass is 35.5. The molecule has 206 valence electrons. The summed E-state index contributed by atoms with van der Waals surface area (Å²) in [6.07, 6.45) is 3.30. The molecule has 0 radical (unpaired) electrons. The van der Waals surface area contributed by atoms with Crippen LogP contribution in [0.4, 0.5) is 0 Å². The first-order valence-corrected chi connectivity index (χ1v) is 16.3. The fraction of sp³-hybridized carbons (Fsp3) is 0.500. The Morgan fingerprint density at radius 2 is 1.76 bits per heavy atom. The van der Waals surface area contributed by atoms with E-state index in [1.165, 1.54) is 5.69 Å². The minimum absolute atomic E-state index is 0.00910. The average Bonchev–Trinajstić information content (AvgIpc) is 3.30. The zero-order valence-corrected chi connectivity index (χ0v) is 24.6. The maximum Gasteiger partial charge on any atom is 0.223 e. The number of carbonyl (C=O) groups excluding carboxylic acids is 1. The maximum absolute atomic E-state index is 12.9. The molecule has 1 aliphatic rings. The summed E-state index contributed by atoms with van der Waals surface area (Å²) >= 11 is 7.74. The van der Waals surface area contributed by atoms with E-state index in [4.69, 9.17) is 16.6 Å². The standard InChI is InChI=1S/C28H37ClN4O3S2/c1-3-5-12-33-25(21-37-28(33)30-11-4-2)20-31-13-15-32(16-14-31)27(34)10-17-38(35,36)26-9-7-22-18-24(29)8-6-23(22)19-26/h6-9,18-19,21H,3-5,10-17,20H2,1-2H3. The number of carbonyl (C=O) groups is 1. The van der Waals surface area contributed by atoms with E-state index in [0.717, 1.165) is 67.6 Å². The first-order chi connectivity index (χ1) is 18.3. The van der Waals surface area contributed by atoms with Gasteiger partial charge in [-0.25, -0.2) is 8.42 Å². The van der Waals surface area contributed by atoms with Crippen molar-refractivity contribution in [3.63, 3.8) is 0 Å². The van der Waals surface area contributed by atoms with Gasteiger partial charge in [0, 0.05) is 68.3 Å². The Morgan fingerprint density at radius 1 is 1.03 bits per heavy atom. The lowest BCUT2D eigenvalue weighted by Crippen LogP contribution is -2.48. The molecule has 1 amide bonds. The van der Waals surface area contributed by atoms with Crippen LogP contribution in [0.15, 0.2) is 51.7 Å². The number of thiazole rings is 1. The van der Waals surface area contributed by atoms with Gasteiger partial charge in [0.25, 0.3) is 0 Å². The van der Waals surface area contributed by atoms with Crippen LogP contribution in [0, 0.1) is 0 Å². The lowest BCUT2D eigenvalue weighted by molar-refractivity contribution is -0.132. The van der Waals surface area contributed by atoms with E-state index >= 15 is 0 Å². The predicted molar refractivity (Wildman–Crippen MR) is 155 cm³/mol. The molecule has 4 rings (SSSR count). The molecule has 1 saturated heterocycles. The van der Waals surface area contributed by atoms with E-state index in [1.54, 1.807) is 46.6 Å². The zero-order valence-electron chi connectivity index (χ0n) is 22.2. The molecule has 2 aromatic carbocycles. The van der Waals surface area contributed by atoms with Gasteiger partial charge in [0.15, 0.2) is 14.6 Å². The predicted octanol–water partition coefficient (Wildman–Crippen LogP) is 4.98. The molecule has 0 saturated carbocycles. The number of nitrogens with zero attached hydrogens (tertiary/aromatic N) is 4. The molecule has 0 unspecified atom stereocenters. The first-order valence-electron chi connectivity index (χ1n) is 13.4. The Hall–Kier alpha value is -2.20. The third-order valence-corrected chi connectivity index (χ3v) is 9.81. The van der Waals surface area contributed by atoms with Gasteiger partial charge in [-0.2, -0.15) is 0 Å². The summed E-state index contributed by atoms with van der Waals surface area (Å²) in [4.78, 5) is 23.2. The van der Waals surface area contributed by atoms with Crippen LogP contribution in [0.5, 0.6) is 0 Å². The van der Waals surface area contributed by atoms with Gasteiger partial charge in [0.05, 0.1) is 10.6 Å². The van der Waals surface area contributed by atoms with Crippen molar-refractivity contribution in [2.75, 3.05) is 38.5 Å². The first kappa shape index (κ1) is 28.8. The van der Waals surface area contributed by atoms with Crippen LogP contribution in [-0.2, 0) is 27.7 Å². The second kappa shape index (κ2) is 13.2. The Balaban J connectivity index is 1.31. The molecule has 0 spiro atoms. The summed E-state index contributed by atoms with van der Waals surface area (Å²) < 4.78 is 28.2. The normalized spacial score (nSPS) is 15.4. The summed E-state index contributed by atoms with van der Waals surface area (Å²) in [5.41, 5.74) is 1.28.